The Morgan fingerprint density at radius 3 is 2.74 bits per heavy atom. The normalized spacial score (nSPS) is 19.1. The van der Waals surface area contributed by atoms with Gasteiger partial charge in [0.1, 0.15) is 5.82 Å². The number of nitrogens with zero attached hydrogens (tertiary/aromatic N) is 2. The van der Waals surface area contributed by atoms with E-state index in [2.05, 4.69) is 10.3 Å². The number of benzene rings is 1. The van der Waals surface area contributed by atoms with Crippen molar-refractivity contribution < 1.29 is 4.79 Å². The predicted molar refractivity (Wildman–Crippen MR) is 76.0 cm³/mol. The van der Waals surface area contributed by atoms with Crippen molar-refractivity contribution in [2.45, 2.75) is 18.3 Å². The molecule has 1 aliphatic heterocycles. The summed E-state index contributed by atoms with van der Waals surface area (Å²) in [5, 5.41) is 3.74. The molecule has 1 N–H and O–H groups in total. The number of fused-ring (bicyclic) bond motifs is 1. The molecule has 3 rings (SSSR count). The van der Waals surface area contributed by atoms with Gasteiger partial charge in [0, 0.05) is 13.0 Å². The summed E-state index contributed by atoms with van der Waals surface area (Å²) in [6.07, 6.45) is 0.426. The molecular weight excluding hydrogens is 309 g/mol. The highest BCUT2D eigenvalue weighted by Gasteiger charge is 2.27. The van der Waals surface area contributed by atoms with E-state index in [1.54, 1.807) is 12.1 Å². The van der Waals surface area contributed by atoms with Crippen molar-refractivity contribution >= 4 is 51.7 Å². The van der Waals surface area contributed by atoms with E-state index in [0.717, 1.165) is 16.9 Å². The lowest BCUT2D eigenvalue weighted by atomic mass is 10.2. The maximum absolute atomic E-state index is 11.4. The monoisotopic (exact) mass is 317 g/mol. The minimum atomic E-state index is 0.0171. The highest BCUT2D eigenvalue weighted by atomic mass is 35.5. The molecule has 2 heterocycles. The summed E-state index contributed by atoms with van der Waals surface area (Å²) in [6, 6.07) is 3.50. The zero-order chi connectivity index (χ0) is 13.6. The molecular formula is C12H10Cl3N3O. The Bertz CT molecular complexity index is 668. The fourth-order valence-electron chi connectivity index (χ4n) is 2.41. The Morgan fingerprint density at radius 2 is 2.11 bits per heavy atom. The quantitative estimate of drug-likeness (QED) is 0.865. The van der Waals surface area contributed by atoms with Crippen LogP contribution < -0.4 is 5.32 Å². The average molecular weight is 319 g/mol. The van der Waals surface area contributed by atoms with Crippen LogP contribution in [0.15, 0.2) is 12.1 Å². The van der Waals surface area contributed by atoms with Crippen molar-refractivity contribution in [3.8, 4) is 0 Å². The lowest BCUT2D eigenvalue weighted by Gasteiger charge is -2.14. The van der Waals surface area contributed by atoms with Crippen molar-refractivity contribution in [3.63, 3.8) is 0 Å². The number of halogens is 3. The smallest absolute Gasteiger partial charge is 0.222 e. The van der Waals surface area contributed by atoms with E-state index in [4.69, 9.17) is 34.8 Å². The largest absolute Gasteiger partial charge is 0.354 e. The molecule has 0 radical (unpaired) electrons. The molecule has 0 saturated carbocycles. The van der Waals surface area contributed by atoms with Crippen LogP contribution in [-0.4, -0.2) is 22.0 Å². The maximum Gasteiger partial charge on any atom is 0.222 e. The minimum absolute atomic E-state index is 0.0171. The first-order valence-corrected chi connectivity index (χ1v) is 7.07. The maximum atomic E-state index is 11.4. The first-order valence-electron chi connectivity index (χ1n) is 5.78. The Balaban J connectivity index is 2.20. The first-order chi connectivity index (χ1) is 9.10. The van der Waals surface area contributed by atoms with Gasteiger partial charge in [-0.3, -0.25) is 4.79 Å². The van der Waals surface area contributed by atoms with Gasteiger partial charge in [-0.25, -0.2) is 4.98 Å². The molecule has 1 unspecified atom stereocenters. The minimum Gasteiger partial charge on any atom is -0.354 e. The summed E-state index contributed by atoms with van der Waals surface area (Å²) in [5.41, 5.74) is 1.59. The van der Waals surface area contributed by atoms with E-state index in [9.17, 15) is 4.79 Å². The average Bonchev–Trinajstić information content (AvgIpc) is 2.93. The topological polar surface area (TPSA) is 46.9 Å². The number of aromatic nitrogens is 2. The number of imidazole rings is 1. The van der Waals surface area contributed by atoms with Crippen molar-refractivity contribution in [1.82, 2.24) is 14.9 Å². The molecule has 4 nitrogen and oxygen atoms in total. The van der Waals surface area contributed by atoms with E-state index in [1.165, 1.54) is 0 Å². The molecule has 19 heavy (non-hydrogen) atoms. The summed E-state index contributed by atoms with van der Waals surface area (Å²) in [7, 11) is 0. The molecule has 7 heteroatoms. The van der Waals surface area contributed by atoms with Crippen molar-refractivity contribution in [2.75, 3.05) is 6.54 Å². The Labute approximate surface area is 124 Å². The van der Waals surface area contributed by atoms with E-state index in [-0.39, 0.29) is 17.8 Å². The van der Waals surface area contributed by atoms with E-state index in [0.29, 0.717) is 23.0 Å². The van der Waals surface area contributed by atoms with E-state index in [1.807, 2.05) is 4.57 Å². The molecule has 0 bridgehead atoms. The first kappa shape index (κ1) is 13.0. The number of hydrogen-bond donors (Lipinski definition) is 1. The molecule has 0 spiro atoms. The fourth-order valence-corrected chi connectivity index (χ4v) is 2.92. The third-order valence-corrected chi connectivity index (χ3v) is 4.21. The molecule has 1 aromatic carbocycles. The van der Waals surface area contributed by atoms with Crippen LogP contribution in [0.4, 0.5) is 0 Å². The second-order valence-electron chi connectivity index (χ2n) is 4.45. The van der Waals surface area contributed by atoms with Gasteiger partial charge in [0.2, 0.25) is 5.91 Å². The van der Waals surface area contributed by atoms with Crippen LogP contribution in [0.5, 0.6) is 0 Å². The van der Waals surface area contributed by atoms with Crippen LogP contribution >= 0.6 is 34.8 Å². The molecule has 1 aromatic heterocycles. The zero-order valence-corrected chi connectivity index (χ0v) is 12.1. The van der Waals surface area contributed by atoms with Crippen LogP contribution in [0.1, 0.15) is 18.3 Å². The van der Waals surface area contributed by atoms with Crippen molar-refractivity contribution in [2.24, 2.45) is 0 Å². The predicted octanol–water partition coefficient (Wildman–Crippen LogP) is 3.14. The third kappa shape index (κ3) is 2.18. The highest BCUT2D eigenvalue weighted by Crippen LogP contribution is 2.32. The van der Waals surface area contributed by atoms with Crippen LogP contribution in [0.25, 0.3) is 11.0 Å². The molecule has 2 aromatic rings. The molecule has 100 valence electrons. The summed E-state index contributed by atoms with van der Waals surface area (Å²) >= 11 is 18.0. The second-order valence-corrected chi connectivity index (χ2v) is 5.53. The molecule has 1 amide bonds. The van der Waals surface area contributed by atoms with Gasteiger partial charge < -0.3 is 9.88 Å². The van der Waals surface area contributed by atoms with E-state index >= 15 is 0 Å². The van der Waals surface area contributed by atoms with Crippen LogP contribution in [-0.2, 0) is 10.7 Å². The van der Waals surface area contributed by atoms with Gasteiger partial charge in [-0.2, -0.15) is 0 Å². The van der Waals surface area contributed by atoms with Gasteiger partial charge in [0.25, 0.3) is 0 Å². The molecule has 1 fully saturated rings. The van der Waals surface area contributed by atoms with Gasteiger partial charge in [-0.1, -0.05) is 23.2 Å². The number of hydrogen-bond acceptors (Lipinski definition) is 2. The number of carbonyl (C=O) groups excluding carboxylic acids is 1. The van der Waals surface area contributed by atoms with Crippen molar-refractivity contribution in [1.29, 1.82) is 0 Å². The van der Waals surface area contributed by atoms with Gasteiger partial charge in [-0.05, 0) is 12.1 Å². The van der Waals surface area contributed by atoms with Gasteiger partial charge in [0.05, 0.1) is 33.0 Å². The standard InChI is InChI=1S/C12H10Cl3N3O/c13-4-11-17-9-2-7(14)8(15)3-10(9)18(11)6-1-12(19)16-5-6/h2-3,6H,1,4-5H2,(H,16,19). The molecule has 0 aliphatic carbocycles. The second kappa shape index (κ2) is 4.85. The Kier molecular flexibility index (Phi) is 3.33. The van der Waals surface area contributed by atoms with Gasteiger partial charge >= 0.3 is 0 Å². The SMILES string of the molecule is O=C1CC(n2c(CCl)nc3cc(Cl)c(Cl)cc32)CN1. The summed E-state index contributed by atoms with van der Waals surface area (Å²) in [4.78, 5) is 15.8. The van der Waals surface area contributed by atoms with Crippen LogP contribution in [0.3, 0.4) is 0 Å². The lowest BCUT2D eigenvalue weighted by Crippen LogP contribution is -2.16. The van der Waals surface area contributed by atoms with Crippen LogP contribution in [0.2, 0.25) is 10.0 Å². The van der Waals surface area contributed by atoms with Crippen LogP contribution in [0, 0.1) is 0 Å². The summed E-state index contributed by atoms with van der Waals surface area (Å²) in [5.74, 6) is 1.03. The summed E-state index contributed by atoms with van der Waals surface area (Å²) in [6.45, 7) is 0.578. The van der Waals surface area contributed by atoms with Crippen molar-refractivity contribution in [3.05, 3.63) is 28.0 Å². The Hall–Kier alpha value is -0.970. The molecule has 1 aliphatic rings. The van der Waals surface area contributed by atoms with E-state index < -0.39 is 0 Å². The van der Waals surface area contributed by atoms with Gasteiger partial charge in [-0.15, -0.1) is 11.6 Å². The summed E-state index contributed by atoms with van der Waals surface area (Å²) < 4.78 is 1.97. The highest BCUT2D eigenvalue weighted by molar-refractivity contribution is 6.42. The zero-order valence-electron chi connectivity index (χ0n) is 9.79. The fraction of sp³-hybridized carbons (Fsp3) is 0.333. The number of carbonyl (C=O) groups is 1. The van der Waals surface area contributed by atoms with Gasteiger partial charge in [0.15, 0.2) is 0 Å². The number of alkyl halides is 1. The number of amides is 1. The number of rotatable bonds is 2. The third-order valence-electron chi connectivity index (χ3n) is 3.25. The molecule has 1 atom stereocenters. The lowest BCUT2D eigenvalue weighted by molar-refractivity contribution is -0.119. The Morgan fingerprint density at radius 1 is 1.37 bits per heavy atom. The molecule has 1 saturated heterocycles. The number of nitrogens with one attached hydrogen (secondary N) is 1.